The molecule has 0 radical (unpaired) electrons. The molecule has 2 unspecified atom stereocenters. The van der Waals surface area contributed by atoms with Crippen molar-refractivity contribution in [2.75, 3.05) is 0 Å². The maximum absolute atomic E-state index is 2.62. The van der Waals surface area contributed by atoms with Gasteiger partial charge in [0, 0.05) is 0 Å². The first kappa shape index (κ1) is 22.8. The number of rotatable bonds is 2. The van der Waals surface area contributed by atoms with Crippen molar-refractivity contribution in [2.45, 2.75) is 53.1 Å². The van der Waals surface area contributed by atoms with Gasteiger partial charge in [0.25, 0.3) is 0 Å². The fourth-order valence-electron chi connectivity index (χ4n) is 3.76. The Morgan fingerprint density at radius 3 is 1.82 bits per heavy atom. The van der Waals surface area contributed by atoms with Crippen LogP contribution in [-0.4, -0.2) is 11.0 Å². The third-order valence-electron chi connectivity index (χ3n) is 4.97. The van der Waals surface area contributed by atoms with Gasteiger partial charge in [-0.3, -0.25) is 0 Å². The van der Waals surface area contributed by atoms with Crippen molar-refractivity contribution in [3.63, 3.8) is 0 Å². The second-order valence-electron chi connectivity index (χ2n) is 6.76. The van der Waals surface area contributed by atoms with Crippen molar-refractivity contribution >= 4 is 11.0 Å². The molecule has 0 fully saturated rings. The molecule has 4 heteroatoms. The normalized spacial score (nSPS) is 23.4. The van der Waals surface area contributed by atoms with Gasteiger partial charge in [-0.05, 0) is 0 Å². The van der Waals surface area contributed by atoms with E-state index in [0.29, 0.717) is 5.92 Å². The fourth-order valence-corrected chi connectivity index (χ4v) is 25.9. The van der Waals surface area contributed by atoms with Crippen LogP contribution in [0.15, 0.2) is 42.2 Å². The summed E-state index contributed by atoms with van der Waals surface area (Å²) < 4.78 is 3.82. The third kappa shape index (κ3) is 4.06. The van der Waals surface area contributed by atoms with Crippen molar-refractivity contribution in [3.8, 4) is 0 Å². The largest absolute Gasteiger partial charge is 1.00 e. The summed E-state index contributed by atoms with van der Waals surface area (Å²) >= 11 is -1.23. The Balaban J connectivity index is 0.00000220. The molecule has 2 rings (SSSR count). The second-order valence-corrected chi connectivity index (χ2v) is 26.2. The topological polar surface area (TPSA) is 0 Å². The van der Waals surface area contributed by atoms with Gasteiger partial charge in [0.05, 0.1) is 0 Å². The minimum absolute atomic E-state index is 0. The Labute approximate surface area is 157 Å². The molecule has 0 aromatic heterocycles. The summed E-state index contributed by atoms with van der Waals surface area (Å²) in [5.41, 5.74) is 6.41. The van der Waals surface area contributed by atoms with E-state index in [-0.39, 0.29) is 24.8 Å². The summed E-state index contributed by atoms with van der Waals surface area (Å²) in [6.07, 6.45) is 4.97. The summed E-state index contributed by atoms with van der Waals surface area (Å²) in [5, 5.41) is 0. The molecule has 0 saturated heterocycles. The second kappa shape index (κ2) is 8.76. The van der Waals surface area contributed by atoms with E-state index < -0.39 is 26.0 Å². The Hall–Kier alpha value is 0.797. The third-order valence-corrected chi connectivity index (χ3v) is 24.1. The number of hydrogen-bond donors (Lipinski definition) is 0. The molecule has 0 bridgehead atoms. The maximum atomic E-state index is 2.62. The monoisotopic (exact) mass is 436 g/mol. The van der Waals surface area contributed by atoms with E-state index in [1.165, 1.54) is 0 Å². The zero-order valence-corrected chi connectivity index (χ0v) is 20.2. The zero-order chi connectivity index (χ0) is 15.2. The van der Waals surface area contributed by atoms with Crippen LogP contribution in [0, 0.1) is 11.8 Å². The van der Waals surface area contributed by atoms with Crippen LogP contribution >= 0.6 is 0 Å². The van der Waals surface area contributed by atoms with E-state index in [1.807, 2.05) is 7.76 Å². The number of allylic oxidation sites excluding steroid dienone is 8. The quantitative estimate of drug-likeness (QED) is 0.518. The summed E-state index contributed by atoms with van der Waals surface area (Å²) in [7, 11) is -0.905. The van der Waals surface area contributed by atoms with E-state index in [0.717, 1.165) is 5.92 Å². The van der Waals surface area contributed by atoms with Gasteiger partial charge >= 0.3 is 133 Å². The van der Waals surface area contributed by atoms with E-state index in [1.54, 1.807) is 22.3 Å². The Morgan fingerprint density at radius 1 is 0.955 bits per heavy atom. The predicted molar refractivity (Wildman–Crippen MR) is 88.7 cm³/mol. The van der Waals surface area contributed by atoms with Crippen LogP contribution in [0.4, 0.5) is 0 Å². The van der Waals surface area contributed by atoms with E-state index in [9.17, 15) is 0 Å². The molecule has 0 aromatic carbocycles. The van der Waals surface area contributed by atoms with E-state index in [4.69, 9.17) is 0 Å². The molecule has 0 aromatic rings. The molecule has 122 valence electrons. The first-order valence-electron chi connectivity index (χ1n) is 7.72. The Kier molecular flexibility index (Phi) is 9.08. The summed E-state index contributed by atoms with van der Waals surface area (Å²) in [6, 6.07) is 0. The summed E-state index contributed by atoms with van der Waals surface area (Å²) in [6.45, 7) is 14.3. The van der Waals surface area contributed by atoms with Crippen LogP contribution in [-0.2, 0) is 15.1 Å². The first-order chi connectivity index (χ1) is 9.25. The Morgan fingerprint density at radius 2 is 1.50 bits per heavy atom. The molecule has 0 amide bonds. The van der Waals surface area contributed by atoms with E-state index >= 15 is 0 Å². The van der Waals surface area contributed by atoms with Crippen molar-refractivity contribution in [1.29, 1.82) is 0 Å². The molecule has 0 heterocycles. The number of halogens is 2. The molecule has 2 atom stereocenters. The van der Waals surface area contributed by atoms with Crippen LogP contribution in [0.5, 0.6) is 0 Å². The van der Waals surface area contributed by atoms with Crippen LogP contribution in [0.3, 0.4) is 0 Å². The molecule has 2 aliphatic carbocycles. The predicted octanol–water partition coefficient (Wildman–Crippen LogP) is -0.396. The minimum Gasteiger partial charge on any atom is -1.00 e. The average Bonchev–Trinajstić information content (AvgIpc) is 2.72. The van der Waals surface area contributed by atoms with Gasteiger partial charge in [0.2, 0.25) is 0 Å². The van der Waals surface area contributed by atoms with Gasteiger partial charge in [-0.2, -0.15) is 0 Å². The van der Waals surface area contributed by atoms with Crippen LogP contribution in [0.25, 0.3) is 0 Å². The summed E-state index contributed by atoms with van der Waals surface area (Å²) in [5.74, 6) is 6.68. The SMILES string of the molecule is CC1=CC(C)[C]([Ti+2]([C]2=C(C)C=C(C)C2C)=[Ge]([CH3])[CH3])=C1C.[Cl-].[Cl-]. The molecule has 0 spiro atoms. The van der Waals surface area contributed by atoms with E-state index in [2.05, 4.69) is 65.2 Å². The zero-order valence-electron chi connectivity index (χ0n) is 15.1. The average molecular weight is 436 g/mol. The molecular weight excluding hydrogens is 408 g/mol. The van der Waals surface area contributed by atoms with Gasteiger partial charge in [-0.25, -0.2) is 0 Å². The van der Waals surface area contributed by atoms with Crippen molar-refractivity contribution in [2.24, 2.45) is 11.8 Å². The van der Waals surface area contributed by atoms with Crippen LogP contribution < -0.4 is 24.8 Å². The summed E-state index contributed by atoms with van der Waals surface area (Å²) in [4.78, 5) is 0. The molecule has 22 heavy (non-hydrogen) atoms. The molecule has 0 aliphatic heterocycles. The van der Waals surface area contributed by atoms with Gasteiger partial charge in [-0.1, -0.05) is 0 Å². The van der Waals surface area contributed by atoms with Crippen molar-refractivity contribution < 1.29 is 39.9 Å². The van der Waals surface area contributed by atoms with Gasteiger partial charge < -0.3 is 24.8 Å². The van der Waals surface area contributed by atoms with Crippen LogP contribution in [0.1, 0.15) is 41.5 Å². The standard InChI is InChI=1S/2C8H11.C2H6Ge.2ClH.Ti/c2*1-6-4-7(2)8(3)5-6;1-3-2;;;/h4,8H,1-3H3;4,6H,1-3H3;1-2H3;2*1H;/q;;;;;+2/p-2. The molecule has 2 aliphatic rings. The molecule has 0 N–H and O–H groups in total. The first-order valence-corrected chi connectivity index (χ1v) is 18.6. The van der Waals surface area contributed by atoms with Crippen LogP contribution in [0.2, 0.25) is 11.5 Å². The molecule has 0 saturated carbocycles. The Bertz CT molecular complexity index is 617. The molecule has 0 nitrogen and oxygen atoms in total. The van der Waals surface area contributed by atoms with Gasteiger partial charge in [0.15, 0.2) is 0 Å². The smallest absolute Gasteiger partial charge is 1.00 e. The van der Waals surface area contributed by atoms with Crippen molar-refractivity contribution in [3.05, 3.63) is 42.2 Å². The van der Waals surface area contributed by atoms with Gasteiger partial charge in [-0.15, -0.1) is 0 Å². The fraction of sp³-hybridized carbons (Fsp3) is 0.556. The van der Waals surface area contributed by atoms with Gasteiger partial charge in [0.1, 0.15) is 0 Å². The molecular formula is C18H28Cl2GeTi. The number of hydrogen-bond acceptors (Lipinski definition) is 0. The minimum atomic E-state index is -1.23. The van der Waals surface area contributed by atoms with Crippen molar-refractivity contribution in [1.82, 2.24) is 0 Å². The maximum Gasteiger partial charge on any atom is -1.00 e.